The van der Waals surface area contributed by atoms with Gasteiger partial charge in [0.05, 0.1) is 5.75 Å². The lowest BCUT2D eigenvalue weighted by molar-refractivity contribution is -0.128. The number of H-pyrrole nitrogens is 1. The van der Waals surface area contributed by atoms with Crippen LogP contribution >= 0.6 is 11.8 Å². The molecule has 0 spiro atoms. The summed E-state index contributed by atoms with van der Waals surface area (Å²) >= 11 is 1.33. The van der Waals surface area contributed by atoms with Crippen molar-refractivity contribution < 1.29 is 9.53 Å². The van der Waals surface area contributed by atoms with Crippen LogP contribution < -0.4 is 5.69 Å². The van der Waals surface area contributed by atoms with Crippen molar-refractivity contribution in [1.29, 1.82) is 0 Å². The fourth-order valence-corrected chi connectivity index (χ4v) is 3.57. The third-order valence-electron chi connectivity index (χ3n) is 3.99. The molecule has 0 saturated carbocycles. The van der Waals surface area contributed by atoms with Gasteiger partial charge in [0.2, 0.25) is 5.91 Å². The molecule has 0 radical (unpaired) electrons. The fourth-order valence-electron chi connectivity index (χ4n) is 2.69. The minimum Gasteiger partial charge on any atom is -0.385 e. The molecule has 1 aromatic heterocycles. The predicted molar refractivity (Wildman–Crippen MR) is 89.7 cm³/mol. The van der Waals surface area contributed by atoms with Crippen molar-refractivity contribution in [2.45, 2.75) is 50.2 Å². The Kier molecular flexibility index (Phi) is 7.67. The largest absolute Gasteiger partial charge is 0.385 e. The number of rotatable bonds is 7. The molecule has 8 heteroatoms. The summed E-state index contributed by atoms with van der Waals surface area (Å²) in [5.74, 6) is 0.463. The van der Waals surface area contributed by atoms with Gasteiger partial charge in [0.15, 0.2) is 5.16 Å². The molecular formula is C15H26N4O3S. The van der Waals surface area contributed by atoms with Gasteiger partial charge in [-0.05, 0) is 19.3 Å². The molecule has 2 rings (SSSR count). The Morgan fingerprint density at radius 2 is 1.96 bits per heavy atom. The highest BCUT2D eigenvalue weighted by Crippen LogP contribution is 2.16. The standard InChI is InChI=1S/C15H26N4O3S/c1-22-11-7-10-19-14(21)16-17-15(19)23-12-13(20)18-8-5-3-2-4-6-9-18/h2-12H2,1H3,(H,16,21). The zero-order valence-corrected chi connectivity index (χ0v) is 14.6. The van der Waals surface area contributed by atoms with Crippen LogP contribution in [0.4, 0.5) is 0 Å². The number of carbonyl (C=O) groups is 1. The zero-order chi connectivity index (χ0) is 16.5. The lowest BCUT2D eigenvalue weighted by Crippen LogP contribution is -2.35. The Morgan fingerprint density at radius 1 is 1.26 bits per heavy atom. The number of amides is 1. The zero-order valence-electron chi connectivity index (χ0n) is 13.8. The molecule has 1 aliphatic heterocycles. The van der Waals surface area contributed by atoms with Gasteiger partial charge in [0, 0.05) is 33.4 Å². The maximum absolute atomic E-state index is 12.4. The molecular weight excluding hydrogens is 316 g/mol. The molecule has 23 heavy (non-hydrogen) atoms. The number of thioether (sulfide) groups is 1. The number of hydrogen-bond acceptors (Lipinski definition) is 5. The van der Waals surface area contributed by atoms with E-state index in [-0.39, 0.29) is 11.6 Å². The van der Waals surface area contributed by atoms with Gasteiger partial charge in [-0.3, -0.25) is 9.36 Å². The molecule has 0 aliphatic carbocycles. The van der Waals surface area contributed by atoms with E-state index < -0.39 is 0 Å². The summed E-state index contributed by atoms with van der Waals surface area (Å²) in [5.41, 5.74) is -0.234. The molecule has 130 valence electrons. The second-order valence-corrected chi connectivity index (χ2v) is 6.69. The Labute approximate surface area is 140 Å². The number of methoxy groups -OCH3 is 1. The number of aromatic nitrogens is 3. The number of aromatic amines is 1. The van der Waals surface area contributed by atoms with E-state index in [1.165, 1.54) is 31.0 Å². The SMILES string of the molecule is COCCCn1c(SCC(=O)N2CCCCCCC2)n[nH]c1=O. The molecule has 0 bridgehead atoms. The van der Waals surface area contributed by atoms with Crippen molar-refractivity contribution in [3.05, 3.63) is 10.5 Å². The molecule has 1 fully saturated rings. The highest BCUT2D eigenvalue weighted by Gasteiger charge is 2.17. The smallest absolute Gasteiger partial charge is 0.343 e. The fraction of sp³-hybridized carbons (Fsp3) is 0.800. The first-order valence-electron chi connectivity index (χ1n) is 8.27. The monoisotopic (exact) mass is 342 g/mol. The maximum Gasteiger partial charge on any atom is 0.343 e. The van der Waals surface area contributed by atoms with Crippen molar-refractivity contribution in [2.24, 2.45) is 0 Å². The third-order valence-corrected chi connectivity index (χ3v) is 4.95. The minimum absolute atomic E-state index is 0.135. The summed E-state index contributed by atoms with van der Waals surface area (Å²) in [6, 6.07) is 0. The van der Waals surface area contributed by atoms with E-state index in [1.54, 1.807) is 11.7 Å². The van der Waals surface area contributed by atoms with Gasteiger partial charge >= 0.3 is 5.69 Å². The number of carbonyl (C=O) groups excluding carboxylic acids is 1. The second-order valence-electron chi connectivity index (χ2n) is 5.75. The van der Waals surface area contributed by atoms with Gasteiger partial charge in [-0.2, -0.15) is 0 Å². The summed E-state index contributed by atoms with van der Waals surface area (Å²) in [7, 11) is 1.63. The second kappa shape index (κ2) is 9.77. The summed E-state index contributed by atoms with van der Waals surface area (Å²) in [6.07, 6.45) is 6.59. The van der Waals surface area contributed by atoms with E-state index >= 15 is 0 Å². The lowest BCUT2D eigenvalue weighted by atomic mass is 10.1. The van der Waals surface area contributed by atoms with E-state index in [4.69, 9.17) is 4.74 Å². The summed E-state index contributed by atoms with van der Waals surface area (Å²) in [5, 5.41) is 7.05. The number of nitrogens with one attached hydrogen (secondary N) is 1. The van der Waals surface area contributed by atoms with Crippen LogP contribution in [-0.4, -0.2) is 58.1 Å². The van der Waals surface area contributed by atoms with E-state index in [0.717, 1.165) is 32.4 Å². The number of ether oxygens (including phenoxy) is 1. The minimum atomic E-state index is -0.234. The van der Waals surface area contributed by atoms with Crippen LogP contribution in [0.5, 0.6) is 0 Å². The topological polar surface area (TPSA) is 80.2 Å². The maximum atomic E-state index is 12.4. The van der Waals surface area contributed by atoms with E-state index in [0.29, 0.717) is 24.1 Å². The normalized spacial score (nSPS) is 16.1. The van der Waals surface area contributed by atoms with Crippen LogP contribution in [0.15, 0.2) is 9.95 Å². The Bertz CT molecular complexity index is 535. The molecule has 0 atom stereocenters. The predicted octanol–water partition coefficient (Wildman–Crippen LogP) is 1.49. The van der Waals surface area contributed by atoms with Gasteiger partial charge in [-0.25, -0.2) is 9.89 Å². The van der Waals surface area contributed by atoms with Crippen LogP contribution in [0.3, 0.4) is 0 Å². The van der Waals surface area contributed by atoms with Crippen LogP contribution in [0.2, 0.25) is 0 Å². The Balaban J connectivity index is 1.86. The third kappa shape index (κ3) is 5.69. The molecule has 7 nitrogen and oxygen atoms in total. The first-order valence-corrected chi connectivity index (χ1v) is 9.25. The van der Waals surface area contributed by atoms with Crippen molar-refractivity contribution in [3.8, 4) is 0 Å². The molecule has 1 saturated heterocycles. The van der Waals surface area contributed by atoms with Crippen molar-refractivity contribution in [3.63, 3.8) is 0 Å². The summed E-state index contributed by atoms with van der Waals surface area (Å²) < 4.78 is 6.58. The molecule has 0 unspecified atom stereocenters. The highest BCUT2D eigenvalue weighted by atomic mass is 32.2. The first-order chi connectivity index (χ1) is 11.2. The van der Waals surface area contributed by atoms with Crippen molar-refractivity contribution in [2.75, 3.05) is 32.6 Å². The average Bonchev–Trinajstić information content (AvgIpc) is 2.85. The highest BCUT2D eigenvalue weighted by molar-refractivity contribution is 7.99. The molecule has 0 aromatic carbocycles. The molecule has 1 amide bonds. The summed E-state index contributed by atoms with van der Waals surface area (Å²) in [4.78, 5) is 26.1. The van der Waals surface area contributed by atoms with Crippen molar-refractivity contribution in [1.82, 2.24) is 19.7 Å². The van der Waals surface area contributed by atoms with E-state index in [1.807, 2.05) is 4.90 Å². The number of likely N-dealkylation sites (tertiary alicyclic amines) is 1. The van der Waals surface area contributed by atoms with Gasteiger partial charge in [-0.1, -0.05) is 31.0 Å². The van der Waals surface area contributed by atoms with Gasteiger partial charge < -0.3 is 9.64 Å². The molecule has 1 aliphatic rings. The van der Waals surface area contributed by atoms with Crippen LogP contribution in [-0.2, 0) is 16.1 Å². The quantitative estimate of drug-likeness (QED) is 0.600. The van der Waals surface area contributed by atoms with Gasteiger partial charge in [-0.15, -0.1) is 5.10 Å². The van der Waals surface area contributed by atoms with Gasteiger partial charge in [0.25, 0.3) is 0 Å². The Hall–Kier alpha value is -1.28. The van der Waals surface area contributed by atoms with Crippen molar-refractivity contribution >= 4 is 17.7 Å². The van der Waals surface area contributed by atoms with Crippen LogP contribution in [0.25, 0.3) is 0 Å². The van der Waals surface area contributed by atoms with Crippen LogP contribution in [0, 0.1) is 0 Å². The summed E-state index contributed by atoms with van der Waals surface area (Å²) in [6.45, 7) is 2.83. The molecule has 1 N–H and O–H groups in total. The molecule has 1 aromatic rings. The van der Waals surface area contributed by atoms with Crippen LogP contribution in [0.1, 0.15) is 38.5 Å². The Morgan fingerprint density at radius 3 is 2.65 bits per heavy atom. The van der Waals surface area contributed by atoms with E-state index in [9.17, 15) is 9.59 Å². The number of hydrogen-bond donors (Lipinski definition) is 1. The average molecular weight is 342 g/mol. The molecule has 2 heterocycles. The van der Waals surface area contributed by atoms with E-state index in [2.05, 4.69) is 10.2 Å². The number of nitrogens with zero attached hydrogens (tertiary/aromatic N) is 3. The van der Waals surface area contributed by atoms with Gasteiger partial charge in [0.1, 0.15) is 0 Å². The first kappa shape index (κ1) is 18.1. The lowest BCUT2D eigenvalue weighted by Gasteiger charge is -2.24.